The van der Waals surface area contributed by atoms with Gasteiger partial charge >= 0.3 is 5.97 Å². The molecule has 2 aliphatic heterocycles. The van der Waals surface area contributed by atoms with Gasteiger partial charge < -0.3 is 30.0 Å². The van der Waals surface area contributed by atoms with Gasteiger partial charge in [0.15, 0.2) is 0 Å². The van der Waals surface area contributed by atoms with Crippen molar-refractivity contribution in [3.8, 4) is 5.75 Å². The summed E-state index contributed by atoms with van der Waals surface area (Å²) in [5, 5.41) is 15.0. The van der Waals surface area contributed by atoms with Gasteiger partial charge in [-0.1, -0.05) is 18.2 Å². The van der Waals surface area contributed by atoms with Gasteiger partial charge in [-0.3, -0.25) is 9.59 Å². The van der Waals surface area contributed by atoms with Crippen molar-refractivity contribution in [3.63, 3.8) is 0 Å². The fourth-order valence-electron chi connectivity index (χ4n) is 4.99. The molecule has 3 fully saturated rings. The number of ether oxygens (including phenoxy) is 3. The van der Waals surface area contributed by atoms with Crippen molar-refractivity contribution in [2.75, 3.05) is 26.4 Å². The smallest absolute Gasteiger partial charge is 0.306 e. The number of carbonyl (C=O) groups excluding carboxylic acids is 1. The second-order valence-corrected chi connectivity index (χ2v) is 8.87. The Morgan fingerprint density at radius 2 is 2.03 bits per heavy atom. The van der Waals surface area contributed by atoms with E-state index in [1.165, 1.54) is 0 Å². The van der Waals surface area contributed by atoms with E-state index in [2.05, 4.69) is 16.7 Å². The van der Waals surface area contributed by atoms with E-state index in [9.17, 15) is 14.0 Å². The average molecular weight is 451 g/mol. The summed E-state index contributed by atoms with van der Waals surface area (Å²) in [5.41, 5.74) is 0.513. The number of alkyl halides is 1. The maximum Gasteiger partial charge on any atom is 0.306 e. The van der Waals surface area contributed by atoms with Crippen LogP contribution in [0.4, 0.5) is 4.39 Å². The largest absolute Gasteiger partial charge is 0.493 e. The molecule has 1 spiro atoms. The number of hydrogen-bond donors (Lipinski definition) is 3. The van der Waals surface area contributed by atoms with Gasteiger partial charge in [0.1, 0.15) is 5.75 Å². The second-order valence-electron chi connectivity index (χ2n) is 8.87. The highest BCUT2D eigenvalue weighted by Gasteiger charge is 2.49. The summed E-state index contributed by atoms with van der Waals surface area (Å²) in [6.45, 7) is 1.46. The molecule has 2 saturated heterocycles. The Kier molecular flexibility index (Phi) is 7.27. The summed E-state index contributed by atoms with van der Waals surface area (Å²) in [7, 11) is 0. The number of amides is 1. The SMILES string of the molecule is O=C(O)CCOc1ccccc1C1CCC(OCC2NCCC23COC(F)C(=O)N3)CC1. The van der Waals surface area contributed by atoms with E-state index in [1.807, 2.05) is 18.2 Å². The van der Waals surface area contributed by atoms with Crippen LogP contribution < -0.4 is 15.4 Å². The fourth-order valence-corrected chi connectivity index (χ4v) is 4.99. The van der Waals surface area contributed by atoms with Crippen LogP contribution in [-0.2, 0) is 19.1 Å². The van der Waals surface area contributed by atoms with Gasteiger partial charge in [0.25, 0.3) is 12.3 Å². The zero-order chi connectivity index (χ0) is 22.6. The van der Waals surface area contributed by atoms with Crippen LogP contribution in [0.15, 0.2) is 24.3 Å². The highest BCUT2D eigenvalue weighted by Crippen LogP contribution is 2.38. The van der Waals surface area contributed by atoms with Crippen LogP contribution in [-0.4, -0.2) is 67.4 Å². The number of benzene rings is 1. The maximum atomic E-state index is 13.4. The van der Waals surface area contributed by atoms with E-state index in [0.717, 1.165) is 43.5 Å². The number of rotatable bonds is 8. The summed E-state index contributed by atoms with van der Waals surface area (Å²) in [6.07, 6.45) is 2.61. The number of carboxylic acid groups (broad SMARTS) is 1. The first-order valence-corrected chi connectivity index (χ1v) is 11.3. The molecule has 3 aliphatic rings. The lowest BCUT2D eigenvalue weighted by Gasteiger charge is -2.40. The van der Waals surface area contributed by atoms with Crippen LogP contribution in [0.2, 0.25) is 0 Å². The highest BCUT2D eigenvalue weighted by atomic mass is 19.1. The van der Waals surface area contributed by atoms with Crippen LogP contribution in [0.5, 0.6) is 5.75 Å². The quantitative estimate of drug-likeness (QED) is 0.557. The molecule has 3 unspecified atom stereocenters. The molecule has 0 aromatic heterocycles. The number of hydrogen-bond acceptors (Lipinski definition) is 6. The minimum atomic E-state index is -1.89. The molecule has 3 N–H and O–H groups in total. The van der Waals surface area contributed by atoms with Crippen LogP contribution in [0.3, 0.4) is 0 Å². The Balaban J connectivity index is 1.27. The molecule has 1 aromatic rings. The predicted octanol–water partition coefficient (Wildman–Crippen LogP) is 2.13. The lowest BCUT2D eigenvalue weighted by molar-refractivity contribution is -0.164. The third-order valence-electron chi connectivity index (χ3n) is 6.80. The lowest BCUT2D eigenvalue weighted by atomic mass is 9.82. The molecule has 2 heterocycles. The first-order valence-electron chi connectivity index (χ1n) is 11.3. The van der Waals surface area contributed by atoms with Crippen LogP contribution in [0.1, 0.15) is 50.0 Å². The van der Waals surface area contributed by atoms with Gasteiger partial charge in [0, 0.05) is 0 Å². The van der Waals surface area contributed by atoms with Crippen molar-refractivity contribution in [3.05, 3.63) is 29.8 Å². The molecule has 32 heavy (non-hydrogen) atoms. The highest BCUT2D eigenvalue weighted by molar-refractivity contribution is 5.81. The zero-order valence-electron chi connectivity index (χ0n) is 18.1. The molecule has 3 atom stereocenters. The molecule has 1 amide bonds. The zero-order valence-corrected chi connectivity index (χ0v) is 18.1. The van der Waals surface area contributed by atoms with Crippen molar-refractivity contribution in [1.29, 1.82) is 0 Å². The minimum absolute atomic E-state index is 0.0247. The van der Waals surface area contributed by atoms with Gasteiger partial charge in [-0.05, 0) is 56.2 Å². The number of para-hydroxylation sites is 1. The Morgan fingerprint density at radius 3 is 2.78 bits per heavy atom. The molecular weight excluding hydrogens is 419 g/mol. The van der Waals surface area contributed by atoms with Crippen LogP contribution in [0, 0.1) is 0 Å². The first kappa shape index (κ1) is 22.9. The number of aliphatic carboxylic acids is 1. The van der Waals surface area contributed by atoms with E-state index < -0.39 is 23.8 Å². The lowest BCUT2D eigenvalue weighted by Crippen LogP contribution is -2.65. The van der Waals surface area contributed by atoms with Crippen molar-refractivity contribution >= 4 is 11.9 Å². The van der Waals surface area contributed by atoms with Crippen LogP contribution >= 0.6 is 0 Å². The molecule has 1 aliphatic carbocycles. The fraction of sp³-hybridized carbons (Fsp3) is 0.652. The van der Waals surface area contributed by atoms with E-state index in [0.29, 0.717) is 18.9 Å². The Hall–Kier alpha value is -2.23. The van der Waals surface area contributed by atoms with Gasteiger partial charge in [-0.25, -0.2) is 4.39 Å². The molecule has 1 aromatic carbocycles. The number of carboxylic acids is 1. The second kappa shape index (κ2) is 10.1. The Labute approximate surface area is 186 Å². The average Bonchev–Trinajstić information content (AvgIpc) is 3.17. The van der Waals surface area contributed by atoms with E-state index in [-0.39, 0.29) is 31.8 Å². The summed E-state index contributed by atoms with van der Waals surface area (Å²) in [4.78, 5) is 22.5. The standard InChI is InChI=1S/C23H31FN2O6/c24-21-22(29)26-23(14-32-21)10-11-25-19(23)13-31-16-7-5-15(6-8-16)17-3-1-2-4-18(17)30-12-9-20(27)28/h1-4,15-16,19,21,25H,5-14H2,(H,26,29)(H,27,28). The third kappa shape index (κ3) is 5.22. The Bertz CT molecular complexity index is 815. The summed E-state index contributed by atoms with van der Waals surface area (Å²) in [5.74, 6) is -0.481. The third-order valence-corrected chi connectivity index (χ3v) is 6.80. The van der Waals surface area contributed by atoms with E-state index in [1.54, 1.807) is 0 Å². The topological polar surface area (TPSA) is 106 Å². The number of morpholine rings is 1. The maximum absolute atomic E-state index is 13.4. The van der Waals surface area contributed by atoms with Crippen molar-refractivity contribution < 1.29 is 33.3 Å². The number of carbonyl (C=O) groups is 2. The van der Waals surface area contributed by atoms with Crippen molar-refractivity contribution in [1.82, 2.24) is 10.6 Å². The van der Waals surface area contributed by atoms with Gasteiger partial charge in [0.2, 0.25) is 0 Å². The molecule has 0 bridgehead atoms. The number of halogens is 1. The molecule has 4 rings (SSSR count). The monoisotopic (exact) mass is 450 g/mol. The van der Waals surface area contributed by atoms with Crippen molar-refractivity contribution in [2.24, 2.45) is 0 Å². The molecule has 8 nitrogen and oxygen atoms in total. The Morgan fingerprint density at radius 1 is 1.25 bits per heavy atom. The number of nitrogens with one attached hydrogen (secondary N) is 2. The first-order chi connectivity index (χ1) is 15.5. The molecule has 1 saturated carbocycles. The molecule has 9 heteroatoms. The van der Waals surface area contributed by atoms with E-state index in [4.69, 9.17) is 19.3 Å². The van der Waals surface area contributed by atoms with Crippen molar-refractivity contribution in [2.45, 2.75) is 68.5 Å². The van der Waals surface area contributed by atoms with Gasteiger partial charge in [-0.2, -0.15) is 0 Å². The normalized spacial score (nSPS) is 32.6. The van der Waals surface area contributed by atoms with E-state index >= 15 is 0 Å². The van der Waals surface area contributed by atoms with Crippen LogP contribution in [0.25, 0.3) is 0 Å². The summed E-state index contributed by atoms with van der Waals surface area (Å²) < 4.78 is 30.4. The summed E-state index contributed by atoms with van der Waals surface area (Å²) in [6, 6.07) is 7.72. The molecular formula is C23H31FN2O6. The molecule has 0 radical (unpaired) electrons. The minimum Gasteiger partial charge on any atom is -0.493 e. The van der Waals surface area contributed by atoms with Gasteiger partial charge in [0.05, 0.1) is 43.9 Å². The predicted molar refractivity (Wildman–Crippen MR) is 113 cm³/mol. The van der Waals surface area contributed by atoms with Gasteiger partial charge in [-0.15, -0.1) is 0 Å². The summed E-state index contributed by atoms with van der Waals surface area (Å²) >= 11 is 0. The molecule has 176 valence electrons.